The summed E-state index contributed by atoms with van der Waals surface area (Å²) < 4.78 is 23.6. The number of hydrogen-bond donors (Lipinski definition) is 0. The highest BCUT2D eigenvalue weighted by Crippen LogP contribution is 2.26. The van der Waals surface area contributed by atoms with Crippen molar-refractivity contribution in [2.24, 2.45) is 0 Å². The van der Waals surface area contributed by atoms with Gasteiger partial charge in [-0.2, -0.15) is 0 Å². The van der Waals surface area contributed by atoms with Crippen molar-refractivity contribution in [1.82, 2.24) is 9.88 Å². The van der Waals surface area contributed by atoms with Crippen molar-refractivity contribution in [3.05, 3.63) is 28.3 Å². The molecular weight excluding hydrogens is 374 g/mol. The Hall–Kier alpha value is -2.49. The molecule has 1 aromatic carbocycles. The van der Waals surface area contributed by atoms with E-state index in [-0.39, 0.29) is 28.2 Å². The Kier molecular flexibility index (Phi) is 5.18. The fourth-order valence-electron chi connectivity index (χ4n) is 2.92. The summed E-state index contributed by atoms with van der Waals surface area (Å²) in [4.78, 5) is 28.4. The molecule has 146 valence electrons. The number of likely N-dealkylation sites (tertiary alicyclic amines) is 1. The Labute approximate surface area is 158 Å². The first-order chi connectivity index (χ1) is 12.6. The van der Waals surface area contributed by atoms with Crippen LogP contribution in [0.4, 0.5) is 10.5 Å². The lowest BCUT2D eigenvalue weighted by molar-refractivity contribution is -0.384. The molecule has 1 aliphatic heterocycles. The average Bonchev–Trinajstić information content (AvgIpc) is 3.18. The summed E-state index contributed by atoms with van der Waals surface area (Å²) in [5, 5.41) is 10.9. The fraction of sp³-hybridized carbons (Fsp3) is 0.529. The van der Waals surface area contributed by atoms with Crippen molar-refractivity contribution in [2.75, 3.05) is 12.3 Å². The van der Waals surface area contributed by atoms with Gasteiger partial charge in [-0.05, 0) is 39.7 Å². The zero-order chi connectivity index (χ0) is 19.8. The molecule has 0 N–H and O–H groups in total. The van der Waals surface area contributed by atoms with Crippen LogP contribution in [0.2, 0.25) is 0 Å². The van der Waals surface area contributed by atoms with Crippen LogP contribution in [-0.2, 0) is 15.5 Å². The number of nitrogens with zero attached hydrogens (tertiary/aromatic N) is 3. The number of aromatic nitrogens is 1. The lowest BCUT2D eigenvalue weighted by atomic mass is 10.2. The van der Waals surface area contributed by atoms with Crippen LogP contribution in [0.3, 0.4) is 0 Å². The summed E-state index contributed by atoms with van der Waals surface area (Å²) in [5.41, 5.74) is -0.0966. The van der Waals surface area contributed by atoms with Gasteiger partial charge in [0.25, 0.3) is 10.9 Å². The van der Waals surface area contributed by atoms with Crippen molar-refractivity contribution < 1.29 is 23.1 Å². The number of ether oxygens (including phenoxy) is 1. The molecule has 1 aliphatic rings. The molecule has 0 unspecified atom stereocenters. The molecule has 1 amide bonds. The maximum Gasteiger partial charge on any atom is 0.410 e. The summed E-state index contributed by atoms with van der Waals surface area (Å²) in [5.74, 6) is 0.175. The van der Waals surface area contributed by atoms with Crippen LogP contribution in [0.1, 0.15) is 33.6 Å². The molecule has 1 saturated heterocycles. The third kappa shape index (κ3) is 4.44. The molecule has 10 heteroatoms. The maximum atomic E-state index is 12.7. The van der Waals surface area contributed by atoms with E-state index >= 15 is 0 Å². The molecular formula is C17H21N3O6S. The normalized spacial score (nSPS) is 18.6. The number of hydrogen-bond acceptors (Lipinski definition) is 7. The van der Waals surface area contributed by atoms with Crippen LogP contribution < -0.4 is 0 Å². The first-order valence-corrected chi connectivity index (χ1v) is 9.89. The van der Waals surface area contributed by atoms with Crippen molar-refractivity contribution in [3.63, 3.8) is 0 Å². The van der Waals surface area contributed by atoms with E-state index in [2.05, 4.69) is 4.98 Å². The second-order valence-corrected chi connectivity index (χ2v) is 8.74. The van der Waals surface area contributed by atoms with E-state index in [4.69, 9.17) is 9.15 Å². The van der Waals surface area contributed by atoms with Gasteiger partial charge in [0.15, 0.2) is 5.58 Å². The summed E-state index contributed by atoms with van der Waals surface area (Å²) in [6.45, 7) is 5.94. The highest BCUT2D eigenvalue weighted by Gasteiger charge is 2.34. The molecule has 0 spiro atoms. The molecule has 9 nitrogen and oxygen atoms in total. The second kappa shape index (κ2) is 7.26. The van der Waals surface area contributed by atoms with Crippen LogP contribution in [0.25, 0.3) is 11.1 Å². The van der Waals surface area contributed by atoms with Crippen LogP contribution in [0.15, 0.2) is 27.8 Å². The van der Waals surface area contributed by atoms with Gasteiger partial charge in [-0.15, -0.1) is 0 Å². The molecule has 1 aromatic heterocycles. The van der Waals surface area contributed by atoms with E-state index in [1.54, 1.807) is 25.7 Å². The Morgan fingerprint density at radius 1 is 1.48 bits per heavy atom. The average molecular weight is 395 g/mol. The molecule has 1 fully saturated rings. The predicted molar refractivity (Wildman–Crippen MR) is 97.9 cm³/mol. The fourth-order valence-corrected chi connectivity index (χ4v) is 4.14. The van der Waals surface area contributed by atoms with E-state index in [0.29, 0.717) is 12.1 Å². The van der Waals surface area contributed by atoms with Gasteiger partial charge in [-0.25, -0.2) is 14.0 Å². The number of carbonyl (C=O) groups is 1. The lowest BCUT2D eigenvalue weighted by Gasteiger charge is -2.28. The molecule has 0 saturated carbocycles. The summed E-state index contributed by atoms with van der Waals surface area (Å²) in [7, 11) is -1.58. The van der Waals surface area contributed by atoms with Gasteiger partial charge in [-0.3, -0.25) is 10.1 Å². The topological polar surface area (TPSA) is 116 Å². The Morgan fingerprint density at radius 2 is 2.22 bits per heavy atom. The van der Waals surface area contributed by atoms with Crippen LogP contribution in [-0.4, -0.2) is 49.0 Å². The van der Waals surface area contributed by atoms with E-state index in [1.165, 1.54) is 18.2 Å². The van der Waals surface area contributed by atoms with Gasteiger partial charge in [-0.1, -0.05) is 0 Å². The lowest BCUT2D eigenvalue weighted by Crippen LogP contribution is -2.42. The molecule has 0 radical (unpaired) electrons. The maximum absolute atomic E-state index is 12.7. The van der Waals surface area contributed by atoms with Crippen molar-refractivity contribution in [1.29, 1.82) is 0 Å². The smallest absolute Gasteiger partial charge is 0.410 e. The summed E-state index contributed by atoms with van der Waals surface area (Å²) in [6, 6.07) is 3.79. The standard InChI is InChI=1S/C17H21N3O6S/c1-17(2,3)26-16(21)19-8-4-5-12(19)10-27(24)15-18-13-9-11(20(22)23)6-7-14(13)25-15/h6-7,9,12H,4-5,8,10H2,1-3H3/t12-,27-/m1/s1. The van der Waals surface area contributed by atoms with Gasteiger partial charge < -0.3 is 14.1 Å². The van der Waals surface area contributed by atoms with Crippen molar-refractivity contribution in [2.45, 2.75) is 50.5 Å². The van der Waals surface area contributed by atoms with E-state index in [0.717, 1.165) is 12.8 Å². The molecule has 2 atom stereocenters. The summed E-state index contributed by atoms with van der Waals surface area (Å²) >= 11 is 0. The van der Waals surface area contributed by atoms with Gasteiger partial charge in [0.05, 0.1) is 10.7 Å². The summed E-state index contributed by atoms with van der Waals surface area (Å²) in [6.07, 6.45) is 1.10. The second-order valence-electron chi connectivity index (χ2n) is 7.37. The Bertz CT molecular complexity index is 904. The number of nitro benzene ring substituents is 1. The quantitative estimate of drug-likeness (QED) is 0.576. The molecule has 27 heavy (non-hydrogen) atoms. The Balaban J connectivity index is 1.73. The van der Waals surface area contributed by atoms with Gasteiger partial charge in [0.1, 0.15) is 21.9 Å². The number of oxazole rings is 1. The largest absolute Gasteiger partial charge is 0.444 e. The Morgan fingerprint density at radius 3 is 2.89 bits per heavy atom. The van der Waals surface area contributed by atoms with Crippen LogP contribution in [0, 0.1) is 10.1 Å². The van der Waals surface area contributed by atoms with E-state index in [1.807, 2.05) is 0 Å². The molecule has 2 aromatic rings. The first-order valence-electron chi connectivity index (χ1n) is 8.57. The van der Waals surface area contributed by atoms with Crippen molar-refractivity contribution >= 4 is 33.7 Å². The minimum atomic E-state index is -1.58. The van der Waals surface area contributed by atoms with Gasteiger partial charge in [0, 0.05) is 24.7 Å². The van der Waals surface area contributed by atoms with Gasteiger partial charge >= 0.3 is 6.09 Å². The third-order valence-electron chi connectivity index (χ3n) is 4.11. The molecule has 3 rings (SSSR count). The minimum absolute atomic E-state index is 0.00142. The third-order valence-corrected chi connectivity index (χ3v) is 5.36. The SMILES string of the molecule is CC(C)(C)OC(=O)N1CCC[C@@H]1C[S@@](=O)c1nc2cc([N+](=O)[O-])ccc2o1. The van der Waals surface area contributed by atoms with E-state index in [9.17, 15) is 19.1 Å². The van der Waals surface area contributed by atoms with Crippen LogP contribution in [0.5, 0.6) is 0 Å². The molecule has 0 aliphatic carbocycles. The monoisotopic (exact) mass is 395 g/mol. The molecule has 0 bridgehead atoms. The highest BCUT2D eigenvalue weighted by molar-refractivity contribution is 7.84. The zero-order valence-corrected chi connectivity index (χ0v) is 16.2. The minimum Gasteiger partial charge on any atom is -0.444 e. The first kappa shape index (κ1) is 19.3. The molecule has 2 heterocycles. The van der Waals surface area contributed by atoms with Crippen LogP contribution >= 0.6 is 0 Å². The number of benzene rings is 1. The van der Waals surface area contributed by atoms with Gasteiger partial charge in [0.2, 0.25) is 0 Å². The highest BCUT2D eigenvalue weighted by atomic mass is 32.2. The number of nitro groups is 1. The zero-order valence-electron chi connectivity index (χ0n) is 15.3. The predicted octanol–water partition coefficient (Wildman–Crippen LogP) is 3.24. The number of amides is 1. The number of carbonyl (C=O) groups excluding carboxylic acids is 1. The number of fused-ring (bicyclic) bond motifs is 1. The number of rotatable bonds is 4. The van der Waals surface area contributed by atoms with E-state index < -0.39 is 27.4 Å². The number of non-ortho nitro benzene ring substituents is 1. The van der Waals surface area contributed by atoms with Crippen molar-refractivity contribution in [3.8, 4) is 0 Å².